The van der Waals surface area contributed by atoms with Crippen LogP contribution in [0, 0.1) is 5.92 Å². The lowest BCUT2D eigenvalue weighted by Crippen LogP contribution is -2.41. The number of hydrogen-bond acceptors (Lipinski definition) is 2. The van der Waals surface area contributed by atoms with Gasteiger partial charge >= 0.3 is 0 Å². The van der Waals surface area contributed by atoms with Crippen molar-refractivity contribution < 1.29 is 0 Å². The minimum atomic E-state index is 0.352. The molecule has 0 aliphatic carbocycles. The lowest BCUT2D eigenvalue weighted by atomic mass is 9.84. The minimum absolute atomic E-state index is 0.352. The van der Waals surface area contributed by atoms with Crippen molar-refractivity contribution in [3.63, 3.8) is 0 Å². The molecular formula is C14H20Cl2N2. The highest BCUT2D eigenvalue weighted by atomic mass is 35.5. The molecule has 0 saturated carbocycles. The monoisotopic (exact) mass is 286 g/mol. The third kappa shape index (κ3) is 3.00. The topological polar surface area (TPSA) is 29.3 Å². The molecule has 1 aromatic rings. The van der Waals surface area contributed by atoms with Gasteiger partial charge in [-0.15, -0.1) is 0 Å². The van der Waals surface area contributed by atoms with E-state index in [2.05, 4.69) is 11.8 Å². The first-order valence-corrected chi connectivity index (χ1v) is 7.31. The predicted molar refractivity (Wildman–Crippen MR) is 78.2 cm³/mol. The fourth-order valence-electron chi connectivity index (χ4n) is 2.98. The van der Waals surface area contributed by atoms with Gasteiger partial charge in [-0.25, -0.2) is 0 Å². The molecule has 1 aromatic carbocycles. The van der Waals surface area contributed by atoms with Crippen molar-refractivity contribution in [3.05, 3.63) is 33.8 Å². The number of nitrogens with two attached hydrogens (primary N) is 1. The molecule has 4 heteroatoms. The average Bonchev–Trinajstić information content (AvgIpc) is 2.36. The van der Waals surface area contributed by atoms with Crippen LogP contribution in [0.4, 0.5) is 0 Å². The molecule has 0 radical (unpaired) electrons. The largest absolute Gasteiger partial charge is 0.330 e. The third-order valence-corrected chi connectivity index (χ3v) is 4.23. The van der Waals surface area contributed by atoms with E-state index < -0.39 is 0 Å². The number of nitrogens with zero attached hydrogens (tertiary/aromatic N) is 1. The summed E-state index contributed by atoms with van der Waals surface area (Å²) in [5.74, 6) is 0.494. The fraction of sp³-hybridized carbons (Fsp3) is 0.571. The van der Waals surface area contributed by atoms with Gasteiger partial charge in [-0.1, -0.05) is 30.1 Å². The van der Waals surface area contributed by atoms with E-state index in [1.807, 2.05) is 12.1 Å². The number of halogens is 2. The molecule has 0 aromatic heterocycles. The number of rotatable bonds is 3. The van der Waals surface area contributed by atoms with E-state index >= 15 is 0 Å². The van der Waals surface area contributed by atoms with Gasteiger partial charge in [-0.2, -0.15) is 0 Å². The van der Waals surface area contributed by atoms with Crippen molar-refractivity contribution in [1.29, 1.82) is 0 Å². The second-order valence-electron chi connectivity index (χ2n) is 4.91. The minimum Gasteiger partial charge on any atom is -0.330 e. The van der Waals surface area contributed by atoms with Crippen LogP contribution in [-0.4, -0.2) is 24.5 Å². The van der Waals surface area contributed by atoms with Crippen LogP contribution < -0.4 is 5.73 Å². The first-order valence-electron chi connectivity index (χ1n) is 6.55. The summed E-state index contributed by atoms with van der Waals surface area (Å²) in [6, 6.07) is 6.18. The van der Waals surface area contributed by atoms with Gasteiger partial charge in [-0.05, 0) is 62.2 Å². The Morgan fingerprint density at radius 2 is 1.94 bits per heavy atom. The van der Waals surface area contributed by atoms with Crippen LogP contribution in [-0.2, 0) is 0 Å². The van der Waals surface area contributed by atoms with Gasteiger partial charge in [0.25, 0.3) is 0 Å². The van der Waals surface area contributed by atoms with Gasteiger partial charge in [0.15, 0.2) is 0 Å². The second kappa shape index (κ2) is 6.25. The highest BCUT2D eigenvalue weighted by Gasteiger charge is 2.31. The maximum absolute atomic E-state index is 6.12. The van der Waals surface area contributed by atoms with E-state index in [1.165, 1.54) is 18.4 Å². The molecule has 1 aliphatic rings. The molecule has 2 rings (SSSR count). The fourth-order valence-corrected chi connectivity index (χ4v) is 3.53. The van der Waals surface area contributed by atoms with E-state index in [-0.39, 0.29) is 0 Å². The molecule has 0 amide bonds. The number of hydrogen-bond donors (Lipinski definition) is 1. The summed E-state index contributed by atoms with van der Waals surface area (Å²) in [5, 5.41) is 1.41. The zero-order chi connectivity index (χ0) is 13.1. The number of piperidine rings is 1. The smallest absolute Gasteiger partial charge is 0.0424 e. The molecule has 1 heterocycles. The Balaban J connectivity index is 2.35. The maximum atomic E-state index is 6.12. The SMILES string of the molecule is CCN1CCCC(CN)C1c1cc(Cl)cc(Cl)c1. The van der Waals surface area contributed by atoms with E-state index in [0.29, 0.717) is 28.5 Å². The van der Waals surface area contributed by atoms with Gasteiger partial charge < -0.3 is 5.73 Å². The first-order chi connectivity index (χ1) is 8.65. The number of likely N-dealkylation sites (tertiary alicyclic amines) is 1. The van der Waals surface area contributed by atoms with Gasteiger partial charge in [0, 0.05) is 16.1 Å². The Labute approximate surface area is 119 Å². The highest BCUT2D eigenvalue weighted by Crippen LogP contribution is 2.37. The van der Waals surface area contributed by atoms with E-state index in [1.54, 1.807) is 6.07 Å². The molecule has 1 fully saturated rings. The van der Waals surface area contributed by atoms with Crippen molar-refractivity contribution >= 4 is 23.2 Å². The van der Waals surface area contributed by atoms with Crippen LogP contribution in [0.5, 0.6) is 0 Å². The van der Waals surface area contributed by atoms with Crippen LogP contribution in [0.3, 0.4) is 0 Å². The molecule has 1 aliphatic heterocycles. The van der Waals surface area contributed by atoms with E-state index in [9.17, 15) is 0 Å². The molecule has 2 N–H and O–H groups in total. The molecule has 0 spiro atoms. The summed E-state index contributed by atoms with van der Waals surface area (Å²) >= 11 is 12.2. The van der Waals surface area contributed by atoms with E-state index in [4.69, 9.17) is 28.9 Å². The van der Waals surface area contributed by atoms with Gasteiger partial charge in [0.2, 0.25) is 0 Å². The van der Waals surface area contributed by atoms with Crippen molar-refractivity contribution in [2.45, 2.75) is 25.8 Å². The molecule has 2 nitrogen and oxygen atoms in total. The van der Waals surface area contributed by atoms with Crippen LogP contribution in [0.2, 0.25) is 10.0 Å². The molecule has 18 heavy (non-hydrogen) atoms. The normalized spacial score (nSPS) is 25.3. The Morgan fingerprint density at radius 1 is 1.28 bits per heavy atom. The van der Waals surface area contributed by atoms with Crippen molar-refractivity contribution in [3.8, 4) is 0 Å². The van der Waals surface area contributed by atoms with Crippen molar-refractivity contribution in [2.24, 2.45) is 11.7 Å². The quantitative estimate of drug-likeness (QED) is 0.918. The highest BCUT2D eigenvalue weighted by molar-refractivity contribution is 6.34. The Morgan fingerprint density at radius 3 is 2.50 bits per heavy atom. The molecule has 2 unspecified atom stereocenters. The van der Waals surface area contributed by atoms with Gasteiger partial charge in [-0.3, -0.25) is 4.90 Å². The lowest BCUT2D eigenvalue weighted by Gasteiger charge is -2.41. The van der Waals surface area contributed by atoms with Crippen LogP contribution in [0.15, 0.2) is 18.2 Å². The summed E-state index contributed by atoms with van der Waals surface area (Å²) in [4.78, 5) is 2.48. The van der Waals surface area contributed by atoms with Crippen LogP contribution in [0.25, 0.3) is 0 Å². The van der Waals surface area contributed by atoms with E-state index in [0.717, 1.165) is 13.1 Å². The first kappa shape index (κ1) is 14.1. The Kier molecular flexibility index (Phi) is 4.91. The predicted octanol–water partition coefficient (Wildman–Crippen LogP) is 3.73. The Bertz CT molecular complexity index is 377. The zero-order valence-corrected chi connectivity index (χ0v) is 12.2. The summed E-state index contributed by atoms with van der Waals surface area (Å²) in [6.45, 7) is 5.07. The Hall–Kier alpha value is -0.280. The molecule has 100 valence electrons. The maximum Gasteiger partial charge on any atom is 0.0424 e. The third-order valence-electron chi connectivity index (χ3n) is 3.80. The van der Waals surface area contributed by atoms with Crippen LogP contribution in [0.1, 0.15) is 31.4 Å². The summed E-state index contributed by atoms with van der Waals surface area (Å²) < 4.78 is 0. The summed E-state index contributed by atoms with van der Waals surface area (Å²) in [7, 11) is 0. The molecular weight excluding hydrogens is 267 g/mol. The average molecular weight is 287 g/mol. The molecule has 0 bridgehead atoms. The molecule has 1 saturated heterocycles. The molecule has 2 atom stereocenters. The van der Waals surface area contributed by atoms with Gasteiger partial charge in [0.05, 0.1) is 0 Å². The van der Waals surface area contributed by atoms with Crippen LogP contribution >= 0.6 is 23.2 Å². The van der Waals surface area contributed by atoms with Gasteiger partial charge in [0.1, 0.15) is 0 Å². The lowest BCUT2D eigenvalue weighted by molar-refractivity contribution is 0.102. The number of benzene rings is 1. The summed E-state index contributed by atoms with van der Waals surface area (Å²) in [6.07, 6.45) is 2.41. The summed E-state index contributed by atoms with van der Waals surface area (Å²) in [5.41, 5.74) is 7.13. The standard InChI is InChI=1S/C14H20Cl2N2/c1-2-18-5-3-4-10(9-17)14(18)11-6-12(15)8-13(16)7-11/h6-8,10,14H,2-5,9,17H2,1H3. The second-order valence-corrected chi connectivity index (χ2v) is 5.79. The van der Waals surface area contributed by atoms with Crippen molar-refractivity contribution in [2.75, 3.05) is 19.6 Å². The van der Waals surface area contributed by atoms with Crippen molar-refractivity contribution in [1.82, 2.24) is 4.90 Å². The zero-order valence-electron chi connectivity index (χ0n) is 10.7.